The van der Waals surface area contributed by atoms with Crippen LogP contribution in [0.2, 0.25) is 0 Å². The van der Waals surface area contributed by atoms with E-state index in [9.17, 15) is 4.79 Å². The van der Waals surface area contributed by atoms with Crippen molar-refractivity contribution in [2.45, 2.75) is 58.9 Å². The summed E-state index contributed by atoms with van der Waals surface area (Å²) in [6, 6.07) is 0.374. The monoisotopic (exact) mass is 301 g/mol. The van der Waals surface area contributed by atoms with E-state index in [2.05, 4.69) is 22.0 Å². The number of hydrogen-bond donors (Lipinski definition) is 0. The molecule has 3 heterocycles. The molecule has 1 aliphatic rings. The molecule has 1 aliphatic heterocycles. The molecule has 2 aromatic heterocycles. The minimum atomic E-state index is 0.254. The van der Waals surface area contributed by atoms with Gasteiger partial charge < -0.3 is 4.90 Å². The first-order valence-electron chi connectivity index (χ1n) is 8.03. The summed E-state index contributed by atoms with van der Waals surface area (Å²) >= 11 is 0. The van der Waals surface area contributed by atoms with Crippen molar-refractivity contribution in [1.82, 2.24) is 24.5 Å². The van der Waals surface area contributed by atoms with Crippen molar-refractivity contribution in [2.24, 2.45) is 0 Å². The molecule has 0 saturated carbocycles. The Labute approximate surface area is 130 Å². The number of rotatable bonds is 3. The highest BCUT2D eigenvalue weighted by molar-refractivity contribution is 5.77. The van der Waals surface area contributed by atoms with Gasteiger partial charge in [0, 0.05) is 30.4 Å². The Morgan fingerprint density at radius 3 is 2.95 bits per heavy atom. The summed E-state index contributed by atoms with van der Waals surface area (Å²) < 4.78 is 1.75. The summed E-state index contributed by atoms with van der Waals surface area (Å²) in [5.74, 6) is 0.874. The van der Waals surface area contributed by atoms with Crippen LogP contribution in [-0.2, 0) is 11.2 Å². The summed E-state index contributed by atoms with van der Waals surface area (Å²) in [5.41, 5.74) is 3.08. The Kier molecular flexibility index (Phi) is 4.09. The average molecular weight is 301 g/mol. The van der Waals surface area contributed by atoms with Crippen LogP contribution in [0.5, 0.6) is 0 Å². The van der Waals surface area contributed by atoms with Gasteiger partial charge in [-0.2, -0.15) is 10.1 Å². The number of piperidine rings is 1. The van der Waals surface area contributed by atoms with Crippen molar-refractivity contribution in [3.63, 3.8) is 0 Å². The molecular weight excluding hydrogens is 278 g/mol. The predicted octanol–water partition coefficient (Wildman–Crippen LogP) is 2.07. The molecule has 6 heteroatoms. The van der Waals surface area contributed by atoms with Crippen LogP contribution in [0, 0.1) is 13.8 Å². The van der Waals surface area contributed by atoms with Crippen LogP contribution in [0.15, 0.2) is 6.33 Å². The molecule has 0 aromatic carbocycles. The topological polar surface area (TPSA) is 63.4 Å². The smallest absolute Gasteiger partial charge is 0.252 e. The highest BCUT2D eigenvalue weighted by atomic mass is 16.2. The first-order valence-corrected chi connectivity index (χ1v) is 8.03. The molecule has 0 spiro atoms. The van der Waals surface area contributed by atoms with E-state index >= 15 is 0 Å². The molecular formula is C16H23N5O. The molecule has 1 amide bonds. The van der Waals surface area contributed by atoms with Crippen molar-refractivity contribution >= 4 is 11.7 Å². The lowest BCUT2D eigenvalue weighted by molar-refractivity contribution is -0.134. The van der Waals surface area contributed by atoms with Gasteiger partial charge in [-0.25, -0.2) is 9.50 Å². The summed E-state index contributed by atoms with van der Waals surface area (Å²) in [5, 5.41) is 4.20. The Bertz CT molecular complexity index is 693. The summed E-state index contributed by atoms with van der Waals surface area (Å²) in [6.07, 6.45) is 6.24. The molecule has 0 bridgehead atoms. The standard InChI is InChI=1S/C16H23N5O/c1-11-6-4-5-9-20(11)15(22)8-7-14-12(2)19-16-17-10-18-21(16)13(14)3/h10-11H,4-9H2,1-3H3. The van der Waals surface area contributed by atoms with Gasteiger partial charge in [-0.05, 0) is 52.0 Å². The second-order valence-corrected chi connectivity index (χ2v) is 6.16. The molecule has 2 aromatic rings. The van der Waals surface area contributed by atoms with Gasteiger partial charge in [0.2, 0.25) is 5.91 Å². The van der Waals surface area contributed by atoms with Crippen LogP contribution < -0.4 is 0 Å². The molecule has 22 heavy (non-hydrogen) atoms. The zero-order valence-corrected chi connectivity index (χ0v) is 13.5. The molecule has 1 fully saturated rings. The van der Waals surface area contributed by atoms with Crippen molar-refractivity contribution in [3.05, 3.63) is 23.3 Å². The van der Waals surface area contributed by atoms with Gasteiger partial charge in [-0.3, -0.25) is 4.79 Å². The summed E-state index contributed by atoms with van der Waals surface area (Å²) in [4.78, 5) is 23.1. The molecule has 118 valence electrons. The minimum absolute atomic E-state index is 0.254. The number of carbonyl (C=O) groups is 1. The number of nitrogens with zero attached hydrogens (tertiary/aromatic N) is 5. The van der Waals surface area contributed by atoms with E-state index in [0.717, 1.165) is 36.3 Å². The van der Waals surface area contributed by atoms with Crippen molar-refractivity contribution in [3.8, 4) is 0 Å². The highest BCUT2D eigenvalue weighted by Crippen LogP contribution is 2.19. The first kappa shape index (κ1) is 14.9. The number of likely N-dealkylation sites (tertiary alicyclic amines) is 1. The van der Waals surface area contributed by atoms with Crippen molar-refractivity contribution < 1.29 is 4.79 Å². The Balaban J connectivity index is 1.74. The number of fused-ring (bicyclic) bond motifs is 1. The Morgan fingerprint density at radius 1 is 1.36 bits per heavy atom. The lowest BCUT2D eigenvalue weighted by Crippen LogP contribution is -2.42. The Morgan fingerprint density at radius 2 is 2.18 bits per heavy atom. The third kappa shape index (κ3) is 2.69. The first-order chi connectivity index (χ1) is 10.6. The van der Waals surface area contributed by atoms with Gasteiger partial charge in [0.25, 0.3) is 5.78 Å². The van der Waals surface area contributed by atoms with Crippen molar-refractivity contribution in [2.75, 3.05) is 6.54 Å². The molecule has 0 N–H and O–H groups in total. The zero-order valence-electron chi connectivity index (χ0n) is 13.5. The summed E-state index contributed by atoms with van der Waals surface area (Å²) in [7, 11) is 0. The quantitative estimate of drug-likeness (QED) is 0.870. The third-order valence-corrected chi connectivity index (χ3v) is 4.70. The zero-order chi connectivity index (χ0) is 15.7. The fraction of sp³-hybridized carbons (Fsp3) is 0.625. The number of carbonyl (C=O) groups excluding carboxylic acids is 1. The molecule has 6 nitrogen and oxygen atoms in total. The van der Waals surface area contributed by atoms with Gasteiger partial charge >= 0.3 is 0 Å². The van der Waals surface area contributed by atoms with Gasteiger partial charge in [0.05, 0.1) is 0 Å². The van der Waals surface area contributed by atoms with Crippen molar-refractivity contribution in [1.29, 1.82) is 0 Å². The minimum Gasteiger partial charge on any atom is -0.340 e. The molecule has 1 unspecified atom stereocenters. The Hall–Kier alpha value is -1.98. The van der Waals surface area contributed by atoms with Crippen LogP contribution in [0.4, 0.5) is 0 Å². The lowest BCUT2D eigenvalue weighted by atomic mass is 10.0. The van der Waals surface area contributed by atoms with E-state index in [-0.39, 0.29) is 5.91 Å². The van der Waals surface area contributed by atoms with Gasteiger partial charge in [-0.15, -0.1) is 0 Å². The number of hydrogen-bond acceptors (Lipinski definition) is 4. The maximum Gasteiger partial charge on any atom is 0.252 e. The van der Waals surface area contributed by atoms with E-state index in [1.54, 1.807) is 4.52 Å². The number of aryl methyl sites for hydroxylation is 2. The van der Waals surface area contributed by atoms with Crippen LogP contribution in [0.3, 0.4) is 0 Å². The maximum atomic E-state index is 12.5. The SMILES string of the molecule is Cc1nc2ncnn2c(C)c1CCC(=O)N1CCCCC1C. The fourth-order valence-corrected chi connectivity index (χ4v) is 3.36. The van der Waals surface area contributed by atoms with Gasteiger partial charge in [0.15, 0.2) is 0 Å². The summed E-state index contributed by atoms with van der Waals surface area (Å²) in [6.45, 7) is 7.04. The van der Waals surface area contributed by atoms with E-state index in [0.29, 0.717) is 24.7 Å². The van der Waals surface area contributed by atoms with E-state index in [1.807, 2.05) is 18.7 Å². The average Bonchev–Trinajstić information content (AvgIpc) is 2.95. The molecule has 0 radical (unpaired) electrons. The van der Waals surface area contributed by atoms with Gasteiger partial charge in [0.1, 0.15) is 6.33 Å². The highest BCUT2D eigenvalue weighted by Gasteiger charge is 2.23. The van der Waals surface area contributed by atoms with Gasteiger partial charge in [-0.1, -0.05) is 0 Å². The second-order valence-electron chi connectivity index (χ2n) is 6.16. The molecule has 3 rings (SSSR count). The van der Waals surface area contributed by atoms with Crippen LogP contribution in [-0.4, -0.2) is 43.0 Å². The second kappa shape index (κ2) is 6.02. The maximum absolute atomic E-state index is 12.5. The fourth-order valence-electron chi connectivity index (χ4n) is 3.36. The largest absolute Gasteiger partial charge is 0.340 e. The van der Waals surface area contributed by atoms with E-state index < -0.39 is 0 Å². The molecule has 1 saturated heterocycles. The normalized spacial score (nSPS) is 18.9. The van der Waals surface area contributed by atoms with E-state index in [1.165, 1.54) is 12.7 Å². The molecule has 1 atom stereocenters. The molecule has 0 aliphatic carbocycles. The predicted molar refractivity (Wildman–Crippen MR) is 83.6 cm³/mol. The van der Waals surface area contributed by atoms with Crippen LogP contribution in [0.1, 0.15) is 49.6 Å². The van der Waals surface area contributed by atoms with E-state index in [4.69, 9.17) is 0 Å². The number of aromatic nitrogens is 4. The van der Waals surface area contributed by atoms with Crippen LogP contribution >= 0.6 is 0 Å². The third-order valence-electron chi connectivity index (χ3n) is 4.70. The number of amides is 1. The lowest BCUT2D eigenvalue weighted by Gasteiger charge is -2.33. The van der Waals surface area contributed by atoms with Crippen LogP contribution in [0.25, 0.3) is 5.78 Å².